The van der Waals surface area contributed by atoms with Gasteiger partial charge < -0.3 is 9.47 Å². The van der Waals surface area contributed by atoms with E-state index in [9.17, 15) is 0 Å². The summed E-state index contributed by atoms with van der Waals surface area (Å²) in [6.07, 6.45) is 1.88. The Morgan fingerprint density at radius 2 is 1.67 bits per heavy atom. The Hall–Kier alpha value is -1.84. The third kappa shape index (κ3) is 2.88. The van der Waals surface area contributed by atoms with Gasteiger partial charge in [0.25, 0.3) is 0 Å². The van der Waals surface area contributed by atoms with Gasteiger partial charge in [-0.25, -0.2) is 0 Å². The Morgan fingerprint density at radius 1 is 0.944 bits per heavy atom. The molecule has 0 aliphatic rings. The molecule has 1 heterocycles. The summed E-state index contributed by atoms with van der Waals surface area (Å²) in [5.74, 6) is 0.605. The van der Waals surface area contributed by atoms with Crippen molar-refractivity contribution in [2.75, 3.05) is 13.2 Å². The van der Waals surface area contributed by atoms with Crippen LogP contribution in [0.1, 0.15) is 26.7 Å². The van der Waals surface area contributed by atoms with E-state index >= 15 is 0 Å². The van der Waals surface area contributed by atoms with Gasteiger partial charge in [-0.3, -0.25) is 0 Å². The van der Waals surface area contributed by atoms with Gasteiger partial charge >= 0.3 is 6.01 Å². The van der Waals surface area contributed by atoms with E-state index < -0.39 is 0 Å². The van der Waals surface area contributed by atoms with Crippen LogP contribution in [0.5, 0.6) is 11.9 Å². The molecule has 2 rings (SSSR count). The van der Waals surface area contributed by atoms with Crippen LogP contribution in [0.25, 0.3) is 10.9 Å². The lowest BCUT2D eigenvalue weighted by molar-refractivity contribution is 0.274. The standard InChI is InChI=1S/C14H18N2O2/c1-3-9-17-13-11-7-5-6-8-12(11)15-14(16-13)18-10-4-2/h5-8H,3-4,9-10H2,1-2H3. The third-order valence-corrected chi connectivity index (χ3v) is 2.43. The van der Waals surface area contributed by atoms with Crippen LogP contribution < -0.4 is 9.47 Å². The highest BCUT2D eigenvalue weighted by Gasteiger charge is 2.08. The van der Waals surface area contributed by atoms with Crippen molar-refractivity contribution in [2.45, 2.75) is 26.7 Å². The van der Waals surface area contributed by atoms with Gasteiger partial charge in [-0.05, 0) is 25.0 Å². The van der Waals surface area contributed by atoms with E-state index in [4.69, 9.17) is 9.47 Å². The van der Waals surface area contributed by atoms with Crippen LogP contribution in [0.4, 0.5) is 0 Å². The van der Waals surface area contributed by atoms with E-state index in [1.807, 2.05) is 24.3 Å². The number of aromatic nitrogens is 2. The summed E-state index contributed by atoms with van der Waals surface area (Å²) in [4.78, 5) is 8.69. The summed E-state index contributed by atoms with van der Waals surface area (Å²) < 4.78 is 11.1. The molecule has 18 heavy (non-hydrogen) atoms. The Kier molecular flexibility index (Phi) is 4.34. The van der Waals surface area contributed by atoms with Crippen LogP contribution in [0, 0.1) is 0 Å². The molecule has 0 saturated heterocycles. The molecule has 0 N–H and O–H groups in total. The molecule has 2 aromatic rings. The predicted octanol–water partition coefficient (Wildman–Crippen LogP) is 3.21. The predicted molar refractivity (Wildman–Crippen MR) is 71.1 cm³/mol. The number of rotatable bonds is 6. The summed E-state index contributed by atoms with van der Waals surface area (Å²) in [5, 5.41) is 0.926. The molecule has 0 radical (unpaired) electrons. The number of ether oxygens (including phenoxy) is 2. The number of hydrogen-bond donors (Lipinski definition) is 0. The Morgan fingerprint density at radius 3 is 2.44 bits per heavy atom. The van der Waals surface area contributed by atoms with Crippen molar-refractivity contribution >= 4 is 10.9 Å². The smallest absolute Gasteiger partial charge is 0.320 e. The van der Waals surface area contributed by atoms with Crippen molar-refractivity contribution in [3.05, 3.63) is 24.3 Å². The van der Waals surface area contributed by atoms with E-state index in [0.717, 1.165) is 23.7 Å². The van der Waals surface area contributed by atoms with Crippen molar-refractivity contribution in [1.29, 1.82) is 0 Å². The molecule has 0 fully saturated rings. The minimum Gasteiger partial charge on any atom is -0.477 e. The highest BCUT2D eigenvalue weighted by Crippen LogP contribution is 2.24. The number of hydrogen-bond acceptors (Lipinski definition) is 4. The fraction of sp³-hybridized carbons (Fsp3) is 0.429. The highest BCUT2D eigenvalue weighted by atomic mass is 16.5. The van der Waals surface area contributed by atoms with Crippen LogP contribution in [-0.4, -0.2) is 23.2 Å². The first-order valence-electron chi connectivity index (χ1n) is 6.37. The Balaban J connectivity index is 2.36. The van der Waals surface area contributed by atoms with Crippen LogP contribution in [0.3, 0.4) is 0 Å². The van der Waals surface area contributed by atoms with Crippen molar-refractivity contribution in [2.24, 2.45) is 0 Å². The molecule has 4 nitrogen and oxygen atoms in total. The molecule has 1 aromatic carbocycles. The first kappa shape index (κ1) is 12.6. The molecule has 0 aliphatic heterocycles. The first-order chi connectivity index (χ1) is 8.85. The maximum atomic E-state index is 5.66. The van der Waals surface area contributed by atoms with Gasteiger partial charge in [0.2, 0.25) is 5.88 Å². The fourth-order valence-corrected chi connectivity index (χ4v) is 1.59. The molecule has 96 valence electrons. The van der Waals surface area contributed by atoms with Gasteiger partial charge in [0.15, 0.2) is 0 Å². The average molecular weight is 246 g/mol. The number of benzene rings is 1. The number of nitrogens with zero attached hydrogens (tertiary/aromatic N) is 2. The van der Waals surface area contributed by atoms with Gasteiger partial charge in [0, 0.05) is 0 Å². The zero-order chi connectivity index (χ0) is 12.8. The molecule has 0 amide bonds. The van der Waals surface area contributed by atoms with E-state index in [2.05, 4.69) is 23.8 Å². The maximum absolute atomic E-state index is 5.66. The summed E-state index contributed by atoms with van der Waals surface area (Å²) in [6, 6.07) is 8.19. The van der Waals surface area contributed by atoms with Gasteiger partial charge in [0.1, 0.15) is 0 Å². The minimum absolute atomic E-state index is 0.390. The topological polar surface area (TPSA) is 44.2 Å². The molecule has 0 spiro atoms. The summed E-state index contributed by atoms with van der Waals surface area (Å²) in [6.45, 7) is 5.38. The second kappa shape index (κ2) is 6.19. The Bertz CT molecular complexity index is 514. The molecule has 0 atom stereocenters. The van der Waals surface area contributed by atoms with E-state index in [1.165, 1.54) is 0 Å². The van der Waals surface area contributed by atoms with Crippen LogP contribution in [0.2, 0.25) is 0 Å². The first-order valence-corrected chi connectivity index (χ1v) is 6.37. The second-order valence-electron chi connectivity index (χ2n) is 4.03. The third-order valence-electron chi connectivity index (χ3n) is 2.43. The van der Waals surface area contributed by atoms with E-state index in [-0.39, 0.29) is 0 Å². The van der Waals surface area contributed by atoms with Crippen LogP contribution in [0.15, 0.2) is 24.3 Å². The summed E-state index contributed by atoms with van der Waals surface area (Å²) in [5.41, 5.74) is 0.852. The normalized spacial score (nSPS) is 10.6. The van der Waals surface area contributed by atoms with E-state index in [0.29, 0.717) is 25.1 Å². The lowest BCUT2D eigenvalue weighted by Crippen LogP contribution is -2.04. The van der Waals surface area contributed by atoms with Crippen LogP contribution in [-0.2, 0) is 0 Å². The van der Waals surface area contributed by atoms with Crippen molar-refractivity contribution in [3.8, 4) is 11.9 Å². The van der Waals surface area contributed by atoms with Crippen LogP contribution >= 0.6 is 0 Å². The minimum atomic E-state index is 0.390. The zero-order valence-electron chi connectivity index (χ0n) is 10.8. The second-order valence-corrected chi connectivity index (χ2v) is 4.03. The van der Waals surface area contributed by atoms with Gasteiger partial charge in [-0.1, -0.05) is 26.0 Å². The summed E-state index contributed by atoms with van der Waals surface area (Å²) in [7, 11) is 0. The van der Waals surface area contributed by atoms with Crippen molar-refractivity contribution in [3.63, 3.8) is 0 Å². The van der Waals surface area contributed by atoms with E-state index in [1.54, 1.807) is 0 Å². The largest absolute Gasteiger partial charge is 0.477 e. The molecule has 4 heteroatoms. The highest BCUT2D eigenvalue weighted by molar-refractivity contribution is 5.83. The molecular weight excluding hydrogens is 228 g/mol. The fourth-order valence-electron chi connectivity index (χ4n) is 1.59. The van der Waals surface area contributed by atoms with Gasteiger partial charge in [-0.2, -0.15) is 9.97 Å². The quantitative estimate of drug-likeness (QED) is 0.785. The van der Waals surface area contributed by atoms with Gasteiger partial charge in [-0.15, -0.1) is 0 Å². The van der Waals surface area contributed by atoms with Crippen molar-refractivity contribution < 1.29 is 9.47 Å². The molecule has 0 unspecified atom stereocenters. The molecule has 1 aromatic heterocycles. The maximum Gasteiger partial charge on any atom is 0.320 e. The number of fused-ring (bicyclic) bond motifs is 1. The lowest BCUT2D eigenvalue weighted by atomic mass is 10.2. The molecular formula is C14H18N2O2. The molecule has 0 aliphatic carbocycles. The lowest BCUT2D eigenvalue weighted by Gasteiger charge is -2.09. The van der Waals surface area contributed by atoms with Gasteiger partial charge in [0.05, 0.1) is 24.1 Å². The average Bonchev–Trinajstić information content (AvgIpc) is 2.42. The zero-order valence-corrected chi connectivity index (χ0v) is 10.8. The monoisotopic (exact) mass is 246 g/mol. The number of para-hydroxylation sites is 1. The molecule has 0 saturated carbocycles. The Labute approximate surface area is 107 Å². The molecule has 0 bridgehead atoms. The van der Waals surface area contributed by atoms with Crippen molar-refractivity contribution in [1.82, 2.24) is 9.97 Å². The summed E-state index contributed by atoms with van der Waals surface area (Å²) >= 11 is 0. The SMILES string of the molecule is CCCOc1nc(OCCC)c2ccccc2n1.